The average Bonchev–Trinajstić information content (AvgIpc) is 3.18. The molecule has 1 aliphatic carbocycles. The molecule has 2 aromatic rings. The lowest BCUT2D eigenvalue weighted by atomic mass is 9.76. The number of piperidine rings is 1. The summed E-state index contributed by atoms with van der Waals surface area (Å²) in [5.41, 5.74) is 4.64. The van der Waals surface area contributed by atoms with Crippen molar-refractivity contribution in [2.45, 2.75) is 50.8 Å². The number of rotatable bonds is 3. The molecule has 168 valence electrons. The summed E-state index contributed by atoms with van der Waals surface area (Å²) < 4.78 is 0. The number of hydrogen-bond acceptors (Lipinski definition) is 5. The summed E-state index contributed by atoms with van der Waals surface area (Å²) in [6, 6.07) is 17.5. The lowest BCUT2D eigenvalue weighted by Gasteiger charge is -2.48. The van der Waals surface area contributed by atoms with Crippen LogP contribution in [0, 0.1) is 5.41 Å². The fourth-order valence-electron chi connectivity index (χ4n) is 5.99. The third-order valence-electron chi connectivity index (χ3n) is 8.10. The van der Waals surface area contributed by atoms with Gasteiger partial charge >= 0.3 is 0 Å². The topological polar surface area (TPSA) is 39.1 Å². The molecule has 0 bridgehead atoms. The van der Waals surface area contributed by atoms with Crippen molar-refractivity contribution in [1.29, 1.82) is 0 Å². The van der Waals surface area contributed by atoms with Gasteiger partial charge in [0.2, 0.25) is 0 Å². The zero-order valence-electron chi connectivity index (χ0n) is 18.8. The van der Waals surface area contributed by atoms with Crippen molar-refractivity contribution in [3.8, 4) is 0 Å². The first-order valence-corrected chi connectivity index (χ1v) is 13.2. The Morgan fingerprint density at radius 2 is 1.75 bits per heavy atom. The second-order valence-corrected chi connectivity index (χ2v) is 11.2. The molecule has 6 rings (SSSR count). The lowest BCUT2D eigenvalue weighted by molar-refractivity contribution is -0.0756. The molecule has 1 N–H and O–H groups in total. The molecule has 2 fully saturated rings. The van der Waals surface area contributed by atoms with E-state index in [0.717, 1.165) is 62.7 Å². The van der Waals surface area contributed by atoms with Gasteiger partial charge in [-0.2, -0.15) is 0 Å². The Morgan fingerprint density at radius 3 is 2.56 bits per heavy atom. The van der Waals surface area contributed by atoms with E-state index in [1.807, 2.05) is 0 Å². The van der Waals surface area contributed by atoms with Crippen LogP contribution in [0.4, 0.5) is 0 Å². The summed E-state index contributed by atoms with van der Waals surface area (Å²) in [6.45, 7) is 5.08. The third kappa shape index (κ3) is 3.68. The van der Waals surface area contributed by atoms with Crippen molar-refractivity contribution in [3.05, 3.63) is 70.8 Å². The number of aryl methyl sites for hydroxylation is 2. The maximum absolute atomic E-state index is 11.9. The molecule has 4 aliphatic rings. The van der Waals surface area contributed by atoms with Crippen LogP contribution in [0.5, 0.6) is 0 Å². The van der Waals surface area contributed by atoms with Crippen LogP contribution < -0.4 is 0 Å². The van der Waals surface area contributed by atoms with Crippen molar-refractivity contribution < 1.29 is 5.11 Å². The van der Waals surface area contributed by atoms with Gasteiger partial charge in [-0.05, 0) is 68.3 Å². The van der Waals surface area contributed by atoms with E-state index >= 15 is 0 Å². The van der Waals surface area contributed by atoms with Gasteiger partial charge in [0.25, 0.3) is 0 Å². The van der Waals surface area contributed by atoms with Crippen molar-refractivity contribution in [2.75, 3.05) is 31.9 Å². The van der Waals surface area contributed by atoms with Gasteiger partial charge in [-0.1, -0.05) is 60.3 Å². The average molecular weight is 448 g/mol. The van der Waals surface area contributed by atoms with Gasteiger partial charge < -0.3 is 10.0 Å². The molecular weight excluding hydrogens is 414 g/mol. The standard InChI is InChI=1S/C27H33N3OS/c31-27(24-11-10-22-8-4-5-9-23(22)16-24)20-32-25-28-18-26(19-30(25)27)12-14-29(15-13-26)17-21-6-2-1-3-7-21/h1-3,6-7,10-11,16,31H,4-5,8-9,12-15,17-20H2. The largest absolute Gasteiger partial charge is 0.366 e. The Hall–Kier alpha value is -1.82. The molecule has 2 saturated heterocycles. The number of fused-ring (bicyclic) bond motifs is 2. The molecule has 0 saturated carbocycles. The Kier molecular flexibility index (Phi) is 5.32. The number of likely N-dealkylation sites (tertiary alicyclic amines) is 1. The van der Waals surface area contributed by atoms with Crippen molar-refractivity contribution in [2.24, 2.45) is 10.4 Å². The Morgan fingerprint density at radius 1 is 0.969 bits per heavy atom. The zero-order valence-corrected chi connectivity index (χ0v) is 19.6. The van der Waals surface area contributed by atoms with E-state index in [2.05, 4.69) is 58.3 Å². The Bertz CT molecular complexity index is 1010. The molecule has 32 heavy (non-hydrogen) atoms. The summed E-state index contributed by atoms with van der Waals surface area (Å²) >= 11 is 1.73. The minimum Gasteiger partial charge on any atom is -0.366 e. The van der Waals surface area contributed by atoms with E-state index in [9.17, 15) is 5.11 Å². The van der Waals surface area contributed by atoms with Gasteiger partial charge in [0.05, 0.1) is 5.75 Å². The molecule has 1 atom stereocenters. The molecule has 0 radical (unpaired) electrons. The maximum Gasteiger partial charge on any atom is 0.175 e. The number of thioether (sulfide) groups is 1. The number of benzene rings is 2. The molecule has 1 unspecified atom stereocenters. The number of hydrogen-bond donors (Lipinski definition) is 1. The first-order valence-electron chi connectivity index (χ1n) is 12.2. The number of amidine groups is 1. The first-order chi connectivity index (χ1) is 15.6. The molecule has 2 aromatic carbocycles. The predicted molar refractivity (Wildman–Crippen MR) is 132 cm³/mol. The summed E-state index contributed by atoms with van der Waals surface area (Å²) in [5.74, 6) is 0.681. The normalized spacial score (nSPS) is 27.2. The predicted octanol–water partition coefficient (Wildman–Crippen LogP) is 4.41. The highest BCUT2D eigenvalue weighted by Gasteiger charge is 2.51. The van der Waals surface area contributed by atoms with E-state index < -0.39 is 5.72 Å². The molecular formula is C27H33N3OS. The van der Waals surface area contributed by atoms with Crippen molar-refractivity contribution in [1.82, 2.24) is 9.80 Å². The second-order valence-electron chi connectivity index (χ2n) is 10.2. The molecule has 3 heterocycles. The van der Waals surface area contributed by atoms with Gasteiger partial charge in [-0.15, -0.1) is 0 Å². The maximum atomic E-state index is 11.9. The van der Waals surface area contributed by atoms with Gasteiger partial charge in [-0.25, -0.2) is 0 Å². The molecule has 1 spiro atoms. The quantitative estimate of drug-likeness (QED) is 0.756. The molecule has 3 aliphatic heterocycles. The van der Waals surface area contributed by atoms with E-state index in [-0.39, 0.29) is 5.41 Å². The van der Waals surface area contributed by atoms with Gasteiger partial charge in [0.1, 0.15) is 0 Å². The molecule has 0 aromatic heterocycles. The van der Waals surface area contributed by atoms with Crippen molar-refractivity contribution >= 4 is 16.9 Å². The van der Waals surface area contributed by atoms with E-state index in [1.165, 1.54) is 36.0 Å². The van der Waals surface area contributed by atoms with Crippen LogP contribution in [0.2, 0.25) is 0 Å². The van der Waals surface area contributed by atoms with Crippen molar-refractivity contribution in [3.63, 3.8) is 0 Å². The SMILES string of the molecule is OC1(c2ccc3c(c2)CCCC3)CSC2=NCC3(CCN(Cc4ccccc4)CC3)CN21. The summed E-state index contributed by atoms with van der Waals surface area (Å²) in [5, 5.41) is 13.0. The van der Waals surface area contributed by atoms with Crippen LogP contribution in [0.25, 0.3) is 0 Å². The smallest absolute Gasteiger partial charge is 0.175 e. The fourth-order valence-corrected chi connectivity index (χ4v) is 7.17. The molecule has 5 heteroatoms. The number of aliphatic hydroxyl groups is 1. The van der Waals surface area contributed by atoms with Crippen LogP contribution in [-0.4, -0.2) is 52.0 Å². The van der Waals surface area contributed by atoms with E-state index in [1.54, 1.807) is 11.8 Å². The molecule has 4 nitrogen and oxygen atoms in total. The lowest BCUT2D eigenvalue weighted by Crippen LogP contribution is -2.56. The second kappa shape index (κ2) is 8.19. The van der Waals surface area contributed by atoms with E-state index in [0.29, 0.717) is 5.75 Å². The number of aliphatic imine (C=N–C) groups is 1. The molecule has 0 amide bonds. The van der Waals surface area contributed by atoms with Gasteiger partial charge in [0.15, 0.2) is 10.9 Å². The highest BCUT2D eigenvalue weighted by molar-refractivity contribution is 8.14. The highest BCUT2D eigenvalue weighted by Crippen LogP contribution is 2.46. The van der Waals surface area contributed by atoms with Gasteiger partial charge in [0, 0.05) is 30.6 Å². The minimum atomic E-state index is -0.926. The fraction of sp³-hybridized carbons (Fsp3) is 0.519. The Balaban J connectivity index is 1.19. The first kappa shape index (κ1) is 20.8. The summed E-state index contributed by atoms with van der Waals surface area (Å²) in [7, 11) is 0. The summed E-state index contributed by atoms with van der Waals surface area (Å²) in [4.78, 5) is 9.84. The van der Waals surface area contributed by atoms with E-state index in [4.69, 9.17) is 4.99 Å². The highest BCUT2D eigenvalue weighted by atomic mass is 32.2. The monoisotopic (exact) mass is 447 g/mol. The van der Waals surface area contributed by atoms with Crippen LogP contribution in [0.3, 0.4) is 0 Å². The van der Waals surface area contributed by atoms with Crippen LogP contribution in [0.1, 0.15) is 47.9 Å². The Labute approximate surface area is 195 Å². The zero-order chi connectivity index (χ0) is 21.6. The van der Waals surface area contributed by atoms with Gasteiger partial charge in [-0.3, -0.25) is 9.89 Å². The van der Waals surface area contributed by atoms with Crippen LogP contribution in [0.15, 0.2) is 53.5 Å². The summed E-state index contributed by atoms with van der Waals surface area (Å²) in [6.07, 6.45) is 7.19. The van der Waals surface area contributed by atoms with Crippen LogP contribution in [-0.2, 0) is 25.1 Å². The van der Waals surface area contributed by atoms with Crippen LogP contribution >= 0.6 is 11.8 Å². The third-order valence-corrected chi connectivity index (χ3v) is 9.25. The number of nitrogens with zero attached hydrogens (tertiary/aromatic N) is 3. The minimum absolute atomic E-state index is 0.184.